The van der Waals surface area contributed by atoms with Crippen LogP contribution in [0.5, 0.6) is 0 Å². The molecule has 0 aliphatic rings. The molecule has 1 heterocycles. The Hall–Kier alpha value is -1.99. The van der Waals surface area contributed by atoms with Gasteiger partial charge in [-0.3, -0.25) is 14.9 Å². The number of carbonyl (C=O) groups excluding carboxylic acids is 1. The van der Waals surface area contributed by atoms with Gasteiger partial charge in [-0.2, -0.15) is 0 Å². The molecule has 2 aromatic rings. The van der Waals surface area contributed by atoms with Gasteiger partial charge in [-0.25, -0.2) is 4.98 Å². The van der Waals surface area contributed by atoms with Crippen LogP contribution in [-0.2, 0) is 6.54 Å². The van der Waals surface area contributed by atoms with E-state index in [9.17, 15) is 14.9 Å². The van der Waals surface area contributed by atoms with E-state index in [2.05, 4.69) is 10.3 Å². The van der Waals surface area contributed by atoms with Crippen molar-refractivity contribution in [3.63, 3.8) is 0 Å². The Balaban J connectivity index is 2.14. The lowest BCUT2D eigenvalue weighted by atomic mass is 10.2. The number of hydrogen-bond acceptors (Lipinski definition) is 5. The van der Waals surface area contributed by atoms with Crippen LogP contribution in [-0.4, -0.2) is 15.8 Å². The van der Waals surface area contributed by atoms with Crippen molar-refractivity contribution in [3.8, 4) is 0 Å². The van der Waals surface area contributed by atoms with Crippen LogP contribution in [0, 0.1) is 10.1 Å². The van der Waals surface area contributed by atoms with Crippen LogP contribution in [0.1, 0.15) is 15.4 Å². The van der Waals surface area contributed by atoms with E-state index < -0.39 is 10.8 Å². The molecule has 8 heteroatoms. The Kier molecular flexibility index (Phi) is 4.08. The molecule has 1 aromatic carbocycles. The lowest BCUT2D eigenvalue weighted by Gasteiger charge is -2.05. The van der Waals surface area contributed by atoms with Crippen LogP contribution < -0.4 is 5.32 Å². The maximum atomic E-state index is 11.9. The number of halogens is 1. The molecule has 19 heavy (non-hydrogen) atoms. The van der Waals surface area contributed by atoms with Crippen molar-refractivity contribution in [3.05, 3.63) is 55.5 Å². The van der Waals surface area contributed by atoms with Crippen LogP contribution >= 0.6 is 22.9 Å². The summed E-state index contributed by atoms with van der Waals surface area (Å²) >= 11 is 7.27. The van der Waals surface area contributed by atoms with E-state index >= 15 is 0 Å². The van der Waals surface area contributed by atoms with Gasteiger partial charge >= 0.3 is 0 Å². The first-order valence-electron chi connectivity index (χ1n) is 5.18. The number of non-ortho nitro benzene ring substituents is 1. The van der Waals surface area contributed by atoms with Gasteiger partial charge in [-0.1, -0.05) is 11.6 Å². The predicted octanol–water partition coefficient (Wildman–Crippen LogP) is 2.63. The Morgan fingerprint density at radius 3 is 2.95 bits per heavy atom. The fourth-order valence-corrected chi connectivity index (χ4v) is 2.15. The topological polar surface area (TPSA) is 85.1 Å². The molecule has 0 aliphatic carbocycles. The van der Waals surface area contributed by atoms with E-state index in [4.69, 9.17) is 11.6 Å². The molecule has 0 aliphatic heterocycles. The molecule has 0 saturated carbocycles. The Bertz CT molecular complexity index is 616. The fraction of sp³-hybridized carbons (Fsp3) is 0.0909. The van der Waals surface area contributed by atoms with Gasteiger partial charge in [-0.15, -0.1) is 11.3 Å². The summed E-state index contributed by atoms with van der Waals surface area (Å²) in [6, 6.07) is 3.73. The quantitative estimate of drug-likeness (QED) is 0.694. The van der Waals surface area contributed by atoms with Gasteiger partial charge in [-0.05, 0) is 6.07 Å². The second-order valence-corrected chi connectivity index (χ2v) is 4.92. The highest BCUT2D eigenvalue weighted by atomic mass is 35.5. The Morgan fingerprint density at radius 2 is 2.32 bits per heavy atom. The lowest BCUT2D eigenvalue weighted by molar-refractivity contribution is -0.384. The molecule has 1 N–H and O–H groups in total. The molecular formula is C11H8ClN3O3S. The zero-order valence-electron chi connectivity index (χ0n) is 9.50. The van der Waals surface area contributed by atoms with Crippen LogP contribution in [0.4, 0.5) is 5.69 Å². The fourth-order valence-electron chi connectivity index (χ4n) is 1.39. The first kappa shape index (κ1) is 13.4. The highest BCUT2D eigenvalue weighted by Crippen LogP contribution is 2.22. The molecule has 1 aromatic heterocycles. The number of nitrogens with zero attached hydrogens (tertiary/aromatic N) is 2. The number of carbonyl (C=O) groups is 1. The maximum absolute atomic E-state index is 11.9. The van der Waals surface area contributed by atoms with E-state index in [0.717, 1.165) is 11.1 Å². The highest BCUT2D eigenvalue weighted by molar-refractivity contribution is 7.09. The summed E-state index contributed by atoms with van der Waals surface area (Å²) in [6.07, 6.45) is 1.63. The molecule has 0 unspecified atom stereocenters. The summed E-state index contributed by atoms with van der Waals surface area (Å²) in [5, 5.41) is 16.0. The largest absolute Gasteiger partial charge is 0.345 e. The molecule has 6 nitrogen and oxygen atoms in total. The van der Waals surface area contributed by atoms with Crippen molar-refractivity contribution < 1.29 is 9.72 Å². The molecule has 0 atom stereocenters. The van der Waals surface area contributed by atoms with Gasteiger partial charge < -0.3 is 5.32 Å². The summed E-state index contributed by atoms with van der Waals surface area (Å²) in [5.41, 5.74) is -0.101. The third-order valence-electron chi connectivity index (χ3n) is 2.29. The Morgan fingerprint density at radius 1 is 1.53 bits per heavy atom. The average molecular weight is 298 g/mol. The monoisotopic (exact) mass is 297 g/mol. The maximum Gasteiger partial charge on any atom is 0.270 e. The van der Waals surface area contributed by atoms with Crippen molar-refractivity contribution in [1.82, 2.24) is 10.3 Å². The summed E-state index contributed by atoms with van der Waals surface area (Å²) in [6.45, 7) is 0.259. The molecule has 98 valence electrons. The normalized spacial score (nSPS) is 10.2. The van der Waals surface area contributed by atoms with Crippen molar-refractivity contribution >= 4 is 34.5 Å². The van der Waals surface area contributed by atoms with E-state index in [-0.39, 0.29) is 22.8 Å². The van der Waals surface area contributed by atoms with Crippen molar-refractivity contribution in [1.29, 1.82) is 0 Å². The van der Waals surface area contributed by atoms with Crippen LogP contribution in [0.2, 0.25) is 5.02 Å². The number of thiazole rings is 1. The second-order valence-electron chi connectivity index (χ2n) is 3.53. The van der Waals surface area contributed by atoms with Crippen LogP contribution in [0.25, 0.3) is 0 Å². The smallest absolute Gasteiger partial charge is 0.270 e. The standard InChI is InChI=1S/C11H8ClN3O3S/c12-9-2-1-7(15(17)18)5-8(9)11(16)14-6-10-13-3-4-19-10/h1-5H,6H2,(H,14,16). The van der Waals surface area contributed by atoms with Crippen molar-refractivity contribution in [2.75, 3.05) is 0 Å². The number of nitro groups is 1. The van der Waals surface area contributed by atoms with Crippen LogP contribution in [0.15, 0.2) is 29.8 Å². The summed E-state index contributed by atoms with van der Waals surface area (Å²) in [7, 11) is 0. The minimum atomic E-state index is -0.575. The van der Waals surface area contributed by atoms with Crippen molar-refractivity contribution in [2.45, 2.75) is 6.54 Å². The van der Waals surface area contributed by atoms with Gasteiger partial charge in [0.15, 0.2) is 0 Å². The third-order valence-corrected chi connectivity index (χ3v) is 3.40. The lowest BCUT2D eigenvalue weighted by Crippen LogP contribution is -2.23. The minimum absolute atomic E-state index is 0.0763. The van der Waals surface area contributed by atoms with Crippen molar-refractivity contribution in [2.24, 2.45) is 0 Å². The van der Waals surface area contributed by atoms with Gasteiger partial charge in [0.25, 0.3) is 11.6 Å². The predicted molar refractivity (Wildman–Crippen MR) is 71.4 cm³/mol. The van der Waals surface area contributed by atoms with Gasteiger partial charge in [0.05, 0.1) is 22.1 Å². The molecule has 1 amide bonds. The zero-order chi connectivity index (χ0) is 13.8. The molecule has 0 fully saturated rings. The second kappa shape index (κ2) is 5.77. The SMILES string of the molecule is O=C(NCc1nccs1)c1cc([N+](=O)[O-])ccc1Cl. The van der Waals surface area contributed by atoms with E-state index in [1.54, 1.807) is 11.6 Å². The van der Waals surface area contributed by atoms with E-state index in [1.807, 2.05) is 0 Å². The van der Waals surface area contributed by atoms with E-state index in [0.29, 0.717) is 0 Å². The Labute approximate surface area is 117 Å². The third kappa shape index (κ3) is 3.27. The minimum Gasteiger partial charge on any atom is -0.345 e. The molecule has 0 spiro atoms. The number of nitrogens with one attached hydrogen (secondary N) is 1. The van der Waals surface area contributed by atoms with Gasteiger partial charge in [0.2, 0.25) is 0 Å². The average Bonchev–Trinajstić information content (AvgIpc) is 2.89. The number of nitro benzene ring substituents is 1. The highest BCUT2D eigenvalue weighted by Gasteiger charge is 2.15. The summed E-state index contributed by atoms with van der Waals surface area (Å²) in [4.78, 5) is 26.0. The van der Waals surface area contributed by atoms with Gasteiger partial charge in [0, 0.05) is 23.7 Å². The summed E-state index contributed by atoms with van der Waals surface area (Å²) in [5.74, 6) is -0.469. The molecule has 0 bridgehead atoms. The first-order chi connectivity index (χ1) is 9.08. The molecular weight excluding hydrogens is 290 g/mol. The first-order valence-corrected chi connectivity index (χ1v) is 6.44. The zero-order valence-corrected chi connectivity index (χ0v) is 11.1. The summed E-state index contributed by atoms with van der Waals surface area (Å²) < 4.78 is 0. The van der Waals surface area contributed by atoms with E-state index in [1.165, 1.54) is 23.5 Å². The number of rotatable bonds is 4. The number of amides is 1. The van der Waals surface area contributed by atoms with Gasteiger partial charge in [0.1, 0.15) is 5.01 Å². The van der Waals surface area contributed by atoms with Crippen LogP contribution in [0.3, 0.4) is 0 Å². The number of hydrogen-bond donors (Lipinski definition) is 1. The number of aromatic nitrogens is 1. The molecule has 2 rings (SSSR count). The molecule has 0 radical (unpaired) electrons. The number of benzene rings is 1. The molecule has 0 saturated heterocycles.